The molecule has 4 rings (SSSR count). The highest BCUT2D eigenvalue weighted by molar-refractivity contribution is 7.14. The number of guanidine groups is 1. The maximum Gasteiger partial charge on any atom is 0.193 e. The molecular weight excluding hydrogens is 410 g/mol. The Balaban J connectivity index is 1.39. The van der Waals surface area contributed by atoms with Gasteiger partial charge in [0.15, 0.2) is 5.96 Å². The first kappa shape index (κ1) is 21.9. The van der Waals surface area contributed by atoms with Crippen molar-refractivity contribution in [3.05, 3.63) is 47.3 Å². The summed E-state index contributed by atoms with van der Waals surface area (Å²) in [6.45, 7) is 8.25. The number of hydrogen-bond acceptors (Lipinski definition) is 6. The van der Waals surface area contributed by atoms with E-state index in [-0.39, 0.29) is 6.04 Å². The van der Waals surface area contributed by atoms with E-state index < -0.39 is 0 Å². The molecule has 8 heteroatoms. The van der Waals surface area contributed by atoms with E-state index in [1.54, 1.807) is 7.11 Å². The largest absolute Gasteiger partial charge is 0.497 e. The van der Waals surface area contributed by atoms with Gasteiger partial charge in [-0.05, 0) is 35.2 Å². The first-order chi connectivity index (χ1) is 15.3. The Bertz CT molecular complexity index is 813. The van der Waals surface area contributed by atoms with Crippen LogP contribution >= 0.6 is 11.3 Å². The summed E-state index contributed by atoms with van der Waals surface area (Å²) in [7, 11) is 3.59. The number of aliphatic imine (C=N–C) groups is 1. The van der Waals surface area contributed by atoms with Crippen molar-refractivity contribution in [2.24, 2.45) is 4.99 Å². The Hall–Kier alpha value is -2.29. The minimum Gasteiger partial charge on any atom is -0.497 e. The fourth-order valence-corrected chi connectivity index (χ4v) is 5.07. The number of piperazine rings is 1. The van der Waals surface area contributed by atoms with E-state index in [0.29, 0.717) is 0 Å². The lowest BCUT2D eigenvalue weighted by Crippen LogP contribution is -2.53. The van der Waals surface area contributed by atoms with Crippen molar-refractivity contribution in [2.75, 3.05) is 78.1 Å². The number of benzene rings is 1. The van der Waals surface area contributed by atoms with Crippen molar-refractivity contribution >= 4 is 22.3 Å². The van der Waals surface area contributed by atoms with Crippen molar-refractivity contribution in [3.63, 3.8) is 0 Å². The second kappa shape index (κ2) is 10.8. The van der Waals surface area contributed by atoms with Crippen LogP contribution in [-0.2, 0) is 4.74 Å². The summed E-state index contributed by atoms with van der Waals surface area (Å²) in [4.78, 5) is 11.9. The molecule has 2 aliphatic heterocycles. The number of nitrogens with one attached hydrogen (secondary N) is 1. The van der Waals surface area contributed by atoms with Gasteiger partial charge in [0, 0.05) is 52.9 Å². The molecule has 1 N–H and O–H groups in total. The fourth-order valence-electron chi connectivity index (χ4n) is 4.28. The van der Waals surface area contributed by atoms with E-state index in [1.165, 1.54) is 10.6 Å². The molecule has 168 valence electrons. The number of morpholine rings is 1. The van der Waals surface area contributed by atoms with Crippen LogP contribution in [0.2, 0.25) is 0 Å². The van der Waals surface area contributed by atoms with Gasteiger partial charge >= 0.3 is 0 Å². The van der Waals surface area contributed by atoms with E-state index >= 15 is 0 Å². The van der Waals surface area contributed by atoms with Crippen molar-refractivity contribution in [1.29, 1.82) is 0 Å². The first-order valence-electron chi connectivity index (χ1n) is 11.0. The summed E-state index contributed by atoms with van der Waals surface area (Å²) in [5.74, 6) is 1.87. The molecule has 0 aliphatic carbocycles. The summed E-state index contributed by atoms with van der Waals surface area (Å²) in [5.41, 5.74) is 1.29. The van der Waals surface area contributed by atoms with E-state index in [1.807, 2.05) is 30.5 Å². The zero-order valence-electron chi connectivity index (χ0n) is 18.5. The van der Waals surface area contributed by atoms with Crippen LogP contribution in [0.4, 0.5) is 5.00 Å². The number of hydrogen-bond donors (Lipinski definition) is 1. The fraction of sp³-hybridized carbons (Fsp3) is 0.522. The average molecular weight is 444 g/mol. The molecule has 2 fully saturated rings. The Labute approximate surface area is 189 Å². The van der Waals surface area contributed by atoms with Crippen molar-refractivity contribution in [2.45, 2.75) is 6.04 Å². The van der Waals surface area contributed by atoms with Crippen LogP contribution in [0.25, 0.3) is 0 Å². The molecular formula is C23H33N5O2S. The van der Waals surface area contributed by atoms with E-state index in [9.17, 15) is 0 Å². The number of nitrogens with zero attached hydrogens (tertiary/aromatic N) is 4. The Morgan fingerprint density at radius 3 is 2.45 bits per heavy atom. The number of anilines is 1. The summed E-state index contributed by atoms with van der Waals surface area (Å²) in [6.07, 6.45) is 0. The second-order valence-electron chi connectivity index (χ2n) is 7.79. The van der Waals surface area contributed by atoms with Gasteiger partial charge in [0.2, 0.25) is 0 Å². The number of thiophene rings is 1. The highest BCUT2D eigenvalue weighted by atomic mass is 32.1. The third-order valence-electron chi connectivity index (χ3n) is 6.05. The molecule has 1 unspecified atom stereocenters. The van der Waals surface area contributed by atoms with Gasteiger partial charge in [0.1, 0.15) is 5.75 Å². The lowest BCUT2D eigenvalue weighted by molar-refractivity contribution is 0.0169. The van der Waals surface area contributed by atoms with E-state index in [2.05, 4.69) is 54.7 Å². The van der Waals surface area contributed by atoms with Crippen LogP contribution in [0.5, 0.6) is 5.75 Å². The van der Waals surface area contributed by atoms with Crippen molar-refractivity contribution in [1.82, 2.24) is 15.1 Å². The van der Waals surface area contributed by atoms with Crippen LogP contribution in [-0.4, -0.2) is 88.9 Å². The standard InChI is InChI=1S/C23H33N5O2S/c1-24-23(28-11-9-27(10-12-28)22-4-3-17-31-22)25-18-21(26-13-15-30-16-14-26)19-5-7-20(29-2)8-6-19/h3-8,17,21H,9-16,18H2,1-2H3,(H,24,25). The molecule has 2 saturated heterocycles. The Morgan fingerprint density at radius 2 is 1.84 bits per heavy atom. The van der Waals surface area contributed by atoms with Gasteiger partial charge in [-0.1, -0.05) is 12.1 Å². The maximum absolute atomic E-state index is 5.59. The Morgan fingerprint density at radius 1 is 1.10 bits per heavy atom. The summed E-state index contributed by atoms with van der Waals surface area (Å²) in [6, 6.07) is 13.0. The van der Waals surface area contributed by atoms with Crippen molar-refractivity contribution < 1.29 is 9.47 Å². The predicted molar refractivity (Wildman–Crippen MR) is 128 cm³/mol. The number of rotatable bonds is 6. The van der Waals surface area contributed by atoms with Crippen LogP contribution in [0.15, 0.2) is 46.8 Å². The number of methoxy groups -OCH3 is 1. The van der Waals surface area contributed by atoms with Gasteiger partial charge < -0.3 is 24.6 Å². The van der Waals surface area contributed by atoms with Crippen LogP contribution in [0.3, 0.4) is 0 Å². The van der Waals surface area contributed by atoms with Crippen LogP contribution in [0, 0.1) is 0 Å². The van der Waals surface area contributed by atoms with Gasteiger partial charge in [-0.25, -0.2) is 0 Å². The molecule has 3 heterocycles. The molecule has 2 aromatic rings. The molecule has 0 amide bonds. The highest BCUT2D eigenvalue weighted by Gasteiger charge is 2.25. The van der Waals surface area contributed by atoms with Crippen molar-refractivity contribution in [3.8, 4) is 5.75 Å². The van der Waals surface area contributed by atoms with E-state index in [4.69, 9.17) is 9.47 Å². The zero-order chi connectivity index (χ0) is 21.5. The summed E-state index contributed by atoms with van der Waals surface area (Å²) in [5, 5.41) is 7.16. The topological polar surface area (TPSA) is 52.6 Å². The normalized spacial score (nSPS) is 19.4. The third-order valence-corrected chi connectivity index (χ3v) is 6.98. The molecule has 0 bridgehead atoms. The Kier molecular flexibility index (Phi) is 7.66. The number of ether oxygens (including phenoxy) is 2. The zero-order valence-corrected chi connectivity index (χ0v) is 19.3. The van der Waals surface area contributed by atoms with Gasteiger partial charge in [-0.3, -0.25) is 9.89 Å². The minimum absolute atomic E-state index is 0.263. The minimum atomic E-state index is 0.263. The van der Waals surface area contributed by atoms with Crippen LogP contribution < -0.4 is 15.0 Å². The highest BCUT2D eigenvalue weighted by Crippen LogP contribution is 2.25. The maximum atomic E-state index is 5.59. The molecule has 31 heavy (non-hydrogen) atoms. The molecule has 7 nitrogen and oxygen atoms in total. The second-order valence-corrected chi connectivity index (χ2v) is 8.72. The predicted octanol–water partition coefficient (Wildman–Crippen LogP) is 2.53. The molecule has 1 aromatic heterocycles. The van der Waals surface area contributed by atoms with E-state index in [0.717, 1.165) is 70.7 Å². The third kappa shape index (κ3) is 5.50. The molecule has 0 radical (unpaired) electrons. The first-order valence-corrected chi connectivity index (χ1v) is 11.9. The smallest absolute Gasteiger partial charge is 0.193 e. The molecule has 0 saturated carbocycles. The van der Waals surface area contributed by atoms with Gasteiger partial charge in [-0.15, -0.1) is 11.3 Å². The van der Waals surface area contributed by atoms with Gasteiger partial charge in [-0.2, -0.15) is 0 Å². The van der Waals surface area contributed by atoms with Gasteiger partial charge in [0.25, 0.3) is 0 Å². The van der Waals surface area contributed by atoms with Crippen LogP contribution in [0.1, 0.15) is 11.6 Å². The summed E-state index contributed by atoms with van der Waals surface area (Å²) < 4.78 is 10.9. The molecule has 2 aliphatic rings. The summed E-state index contributed by atoms with van der Waals surface area (Å²) >= 11 is 1.81. The molecule has 1 aromatic carbocycles. The average Bonchev–Trinajstić information content (AvgIpc) is 3.38. The quantitative estimate of drug-likeness (QED) is 0.547. The van der Waals surface area contributed by atoms with Gasteiger partial charge in [0.05, 0.1) is 31.4 Å². The monoisotopic (exact) mass is 443 g/mol. The SMILES string of the molecule is CN=C(NCC(c1ccc(OC)cc1)N1CCOCC1)N1CCN(c2cccs2)CC1. The molecule has 0 spiro atoms. The lowest BCUT2D eigenvalue weighted by atomic mass is 10.0. The molecule has 1 atom stereocenters. The lowest BCUT2D eigenvalue weighted by Gasteiger charge is -2.39.